The van der Waals surface area contributed by atoms with E-state index in [1.807, 2.05) is 37.3 Å². The largest absolute Gasteiger partial charge is 0.379 e. The molecule has 2 aromatic carbocycles. The summed E-state index contributed by atoms with van der Waals surface area (Å²) in [5.41, 5.74) is 3.56. The van der Waals surface area contributed by atoms with Gasteiger partial charge in [0, 0.05) is 34.2 Å². The predicted octanol–water partition coefficient (Wildman–Crippen LogP) is 8.63. The fraction of sp³-hybridized carbons (Fsp3) is 0.500. The van der Waals surface area contributed by atoms with Crippen LogP contribution in [0.5, 0.6) is 0 Å². The number of carbonyl (C=O) groups excluding carboxylic acids is 1. The fourth-order valence-corrected chi connectivity index (χ4v) is 8.10. The van der Waals surface area contributed by atoms with E-state index >= 15 is 0 Å². The van der Waals surface area contributed by atoms with E-state index in [-0.39, 0.29) is 5.78 Å². The third-order valence-electron chi connectivity index (χ3n) is 9.01. The zero-order valence-electron chi connectivity index (χ0n) is 22.8. The Morgan fingerprint density at radius 1 is 0.900 bits per heavy atom. The number of halogens is 3. The summed E-state index contributed by atoms with van der Waals surface area (Å²) < 4.78 is 13.9. The highest BCUT2D eigenvalue weighted by Gasteiger charge is 2.48. The summed E-state index contributed by atoms with van der Waals surface area (Å²) in [7, 11) is 0. The van der Waals surface area contributed by atoms with Gasteiger partial charge in [-0.15, -0.1) is 0 Å². The van der Waals surface area contributed by atoms with Gasteiger partial charge in [-0.2, -0.15) is 5.10 Å². The molecule has 0 unspecified atom stereocenters. The van der Waals surface area contributed by atoms with Gasteiger partial charge in [-0.05, 0) is 99.5 Å². The van der Waals surface area contributed by atoms with Crippen molar-refractivity contribution < 1.29 is 14.3 Å². The molecule has 8 heteroatoms. The maximum Gasteiger partial charge on any atom is 0.183 e. The number of carbonyl (C=O) groups is 1. The molecule has 0 aliphatic heterocycles. The molecule has 0 radical (unpaired) electrons. The van der Waals surface area contributed by atoms with E-state index in [4.69, 9.17) is 49.4 Å². The molecule has 3 aromatic rings. The molecule has 4 bridgehead atoms. The lowest BCUT2D eigenvalue weighted by atomic mass is 9.55. The Morgan fingerprint density at radius 3 is 2.25 bits per heavy atom. The van der Waals surface area contributed by atoms with Gasteiger partial charge in [-0.3, -0.25) is 4.79 Å². The van der Waals surface area contributed by atoms with Crippen LogP contribution in [0.4, 0.5) is 0 Å². The number of nitrogens with zero attached hydrogens (tertiary/aromatic N) is 2. The quantitative estimate of drug-likeness (QED) is 0.163. The number of aromatic nitrogens is 2. The molecule has 1 heterocycles. The van der Waals surface area contributed by atoms with Gasteiger partial charge in [-0.1, -0.05) is 46.9 Å². The maximum atomic E-state index is 13.3. The van der Waals surface area contributed by atoms with Gasteiger partial charge in [0.15, 0.2) is 5.78 Å². The van der Waals surface area contributed by atoms with Crippen LogP contribution in [0.2, 0.25) is 15.1 Å². The second kappa shape index (κ2) is 12.1. The summed E-state index contributed by atoms with van der Waals surface area (Å²) in [5, 5.41) is 6.35. The van der Waals surface area contributed by atoms with Crippen molar-refractivity contribution in [2.75, 3.05) is 19.8 Å². The molecule has 7 rings (SSSR count). The molecule has 212 valence electrons. The van der Waals surface area contributed by atoms with E-state index in [9.17, 15) is 4.79 Å². The third kappa shape index (κ3) is 5.87. The molecule has 0 amide bonds. The number of hydrogen-bond donors (Lipinski definition) is 0. The molecular weight excluding hydrogens is 567 g/mol. The molecular formula is C32H35Cl3N2O3. The van der Waals surface area contributed by atoms with Gasteiger partial charge in [0.25, 0.3) is 0 Å². The Kier molecular flexibility index (Phi) is 8.58. The monoisotopic (exact) mass is 600 g/mol. The van der Waals surface area contributed by atoms with Gasteiger partial charge in [-0.25, -0.2) is 4.68 Å². The highest BCUT2D eigenvalue weighted by molar-refractivity contribution is 6.35. The minimum Gasteiger partial charge on any atom is -0.379 e. The highest BCUT2D eigenvalue weighted by atomic mass is 35.5. The van der Waals surface area contributed by atoms with Gasteiger partial charge in [0.2, 0.25) is 0 Å². The summed E-state index contributed by atoms with van der Waals surface area (Å²) in [5.74, 6) is 3.41. The van der Waals surface area contributed by atoms with E-state index in [0.29, 0.717) is 65.2 Å². The van der Waals surface area contributed by atoms with Crippen molar-refractivity contribution in [3.05, 3.63) is 68.8 Å². The smallest absolute Gasteiger partial charge is 0.183 e. The SMILES string of the molecule is Cc1c(C(=O)CCCOCCOC2C3CC4CC(C3)CC2C4)nn(-c2ccc(Cl)cc2Cl)c1-c1ccc(Cl)cc1. The lowest BCUT2D eigenvalue weighted by molar-refractivity contribution is -0.133. The first-order valence-electron chi connectivity index (χ1n) is 14.4. The Morgan fingerprint density at radius 2 is 1.57 bits per heavy atom. The van der Waals surface area contributed by atoms with Crippen LogP contribution in [0.1, 0.15) is 61.0 Å². The zero-order chi connectivity index (χ0) is 27.8. The molecule has 0 spiro atoms. The maximum absolute atomic E-state index is 13.3. The number of benzene rings is 2. The van der Waals surface area contributed by atoms with Gasteiger partial charge < -0.3 is 9.47 Å². The molecule has 4 aliphatic carbocycles. The van der Waals surface area contributed by atoms with Crippen LogP contribution >= 0.6 is 34.8 Å². The molecule has 4 aliphatic rings. The number of ether oxygens (including phenoxy) is 2. The van der Waals surface area contributed by atoms with Crippen molar-refractivity contribution in [2.24, 2.45) is 23.7 Å². The van der Waals surface area contributed by atoms with Crippen LogP contribution in [-0.2, 0) is 9.47 Å². The van der Waals surface area contributed by atoms with E-state index in [0.717, 1.165) is 40.5 Å². The normalized spacial score (nSPS) is 25.1. The number of ketones is 1. The average Bonchev–Trinajstić information content (AvgIpc) is 3.26. The molecule has 1 aromatic heterocycles. The Bertz CT molecular complexity index is 1340. The molecule has 0 N–H and O–H groups in total. The van der Waals surface area contributed by atoms with Crippen LogP contribution in [0, 0.1) is 30.6 Å². The van der Waals surface area contributed by atoms with Crippen molar-refractivity contribution >= 4 is 40.6 Å². The predicted molar refractivity (Wildman–Crippen MR) is 160 cm³/mol. The Hall–Kier alpha value is -1.89. The van der Waals surface area contributed by atoms with Crippen LogP contribution in [0.3, 0.4) is 0 Å². The number of rotatable bonds is 11. The summed E-state index contributed by atoms with van der Waals surface area (Å²) in [6, 6.07) is 12.7. The van der Waals surface area contributed by atoms with E-state index in [1.165, 1.54) is 32.1 Å². The minimum atomic E-state index is -0.0232. The lowest BCUT2D eigenvalue weighted by Gasteiger charge is -2.54. The summed E-state index contributed by atoms with van der Waals surface area (Å²) in [6.07, 6.45) is 8.31. The van der Waals surface area contributed by atoms with Crippen molar-refractivity contribution in [2.45, 2.75) is 58.0 Å². The first-order valence-corrected chi connectivity index (χ1v) is 15.5. The van der Waals surface area contributed by atoms with Crippen LogP contribution < -0.4 is 0 Å². The average molecular weight is 602 g/mol. The van der Waals surface area contributed by atoms with Crippen molar-refractivity contribution in [3.8, 4) is 16.9 Å². The van der Waals surface area contributed by atoms with Crippen LogP contribution in [-0.4, -0.2) is 41.5 Å². The van der Waals surface area contributed by atoms with Gasteiger partial charge >= 0.3 is 0 Å². The molecule has 0 atom stereocenters. The zero-order valence-corrected chi connectivity index (χ0v) is 25.0. The summed E-state index contributed by atoms with van der Waals surface area (Å²) in [6.45, 7) is 3.64. The van der Waals surface area contributed by atoms with Gasteiger partial charge in [0.05, 0.1) is 35.7 Å². The topological polar surface area (TPSA) is 53.4 Å². The number of hydrogen-bond acceptors (Lipinski definition) is 4. The second-order valence-electron chi connectivity index (χ2n) is 11.7. The fourth-order valence-electron chi connectivity index (χ4n) is 7.48. The van der Waals surface area contributed by atoms with E-state index < -0.39 is 0 Å². The van der Waals surface area contributed by atoms with Crippen molar-refractivity contribution in [1.29, 1.82) is 0 Å². The standard InChI is InChI=1S/C32H35Cl3N2O3/c1-19-30(36-37(28-9-8-26(34)18-27(28)35)31(19)22-4-6-25(33)7-5-22)29(38)3-2-10-39-11-12-40-32-23-14-20-13-21(16-23)17-24(32)15-20/h4-9,18,20-21,23-24,32H,2-3,10-17H2,1H3. The molecule has 0 saturated heterocycles. The van der Waals surface area contributed by atoms with Crippen LogP contribution in [0.15, 0.2) is 42.5 Å². The van der Waals surface area contributed by atoms with Crippen molar-refractivity contribution in [3.63, 3.8) is 0 Å². The second-order valence-corrected chi connectivity index (χ2v) is 13.0. The lowest BCUT2D eigenvalue weighted by Crippen LogP contribution is -2.49. The van der Waals surface area contributed by atoms with E-state index in [2.05, 4.69) is 0 Å². The van der Waals surface area contributed by atoms with Crippen molar-refractivity contribution in [1.82, 2.24) is 9.78 Å². The molecule has 40 heavy (non-hydrogen) atoms. The Labute approximate surface area is 251 Å². The van der Waals surface area contributed by atoms with Crippen LogP contribution in [0.25, 0.3) is 16.9 Å². The summed E-state index contributed by atoms with van der Waals surface area (Å²) >= 11 is 18.8. The molecule has 5 nitrogen and oxygen atoms in total. The number of Topliss-reactive ketones (excluding diaryl/α,β-unsaturated/α-hetero) is 1. The Balaban J connectivity index is 1.05. The molecule has 4 saturated carbocycles. The molecule has 4 fully saturated rings. The highest BCUT2D eigenvalue weighted by Crippen LogP contribution is 2.54. The third-order valence-corrected chi connectivity index (χ3v) is 9.80. The summed E-state index contributed by atoms with van der Waals surface area (Å²) in [4.78, 5) is 13.3. The first kappa shape index (κ1) is 28.2. The minimum absolute atomic E-state index is 0.0232. The van der Waals surface area contributed by atoms with Gasteiger partial charge in [0.1, 0.15) is 5.69 Å². The first-order chi connectivity index (χ1) is 19.4. The van der Waals surface area contributed by atoms with E-state index in [1.54, 1.807) is 16.8 Å².